The lowest BCUT2D eigenvalue weighted by atomic mass is 10.1. The molecule has 3 rings (SSSR count). The summed E-state index contributed by atoms with van der Waals surface area (Å²) < 4.78 is 5.22. The van der Waals surface area contributed by atoms with Crippen LogP contribution < -0.4 is 5.32 Å². The van der Waals surface area contributed by atoms with Gasteiger partial charge in [0.25, 0.3) is 0 Å². The van der Waals surface area contributed by atoms with E-state index in [9.17, 15) is 0 Å². The summed E-state index contributed by atoms with van der Waals surface area (Å²) in [5.74, 6) is 1.02. The SMILES string of the molecule is COCCCN(CCc1nc2cc(C)c(C)cc2[nH]1)C(=S)NC1CCCC1. The number of hydrogen-bond acceptors (Lipinski definition) is 3. The Kier molecular flexibility index (Phi) is 7.07. The predicted octanol–water partition coefficient (Wildman–Crippen LogP) is 3.88. The fourth-order valence-corrected chi connectivity index (χ4v) is 4.08. The van der Waals surface area contributed by atoms with Gasteiger partial charge in [0, 0.05) is 39.3 Å². The minimum atomic E-state index is 0.541. The number of ether oxygens (including phenoxy) is 1. The van der Waals surface area contributed by atoms with Gasteiger partial charge in [0.1, 0.15) is 5.82 Å². The molecule has 1 aromatic heterocycles. The first-order chi connectivity index (χ1) is 13.1. The zero-order chi connectivity index (χ0) is 19.2. The van der Waals surface area contributed by atoms with E-state index in [2.05, 4.69) is 41.2 Å². The third kappa shape index (κ3) is 5.42. The molecule has 148 valence electrons. The van der Waals surface area contributed by atoms with Crippen molar-refractivity contribution in [2.75, 3.05) is 26.8 Å². The molecule has 0 radical (unpaired) electrons. The summed E-state index contributed by atoms with van der Waals surface area (Å²) in [5.41, 5.74) is 4.74. The zero-order valence-electron chi connectivity index (χ0n) is 16.8. The van der Waals surface area contributed by atoms with E-state index >= 15 is 0 Å². The molecule has 27 heavy (non-hydrogen) atoms. The highest BCUT2D eigenvalue weighted by Gasteiger charge is 2.18. The van der Waals surface area contributed by atoms with Crippen molar-refractivity contribution in [1.82, 2.24) is 20.2 Å². The molecular formula is C21H32N4OS. The molecule has 0 saturated heterocycles. The van der Waals surface area contributed by atoms with Gasteiger partial charge in [-0.1, -0.05) is 12.8 Å². The van der Waals surface area contributed by atoms with Gasteiger partial charge in [-0.25, -0.2) is 4.98 Å². The second-order valence-electron chi connectivity index (χ2n) is 7.65. The summed E-state index contributed by atoms with van der Waals surface area (Å²) >= 11 is 5.72. The summed E-state index contributed by atoms with van der Waals surface area (Å²) in [7, 11) is 1.75. The van der Waals surface area contributed by atoms with Crippen molar-refractivity contribution < 1.29 is 4.74 Å². The molecule has 1 aliphatic carbocycles. The third-order valence-electron chi connectivity index (χ3n) is 5.51. The maximum absolute atomic E-state index is 5.72. The fourth-order valence-electron chi connectivity index (χ4n) is 3.73. The molecule has 0 amide bonds. The average molecular weight is 389 g/mol. The maximum Gasteiger partial charge on any atom is 0.169 e. The molecule has 0 spiro atoms. The Labute approximate surface area is 167 Å². The van der Waals surface area contributed by atoms with Crippen molar-refractivity contribution in [3.05, 3.63) is 29.1 Å². The van der Waals surface area contributed by atoms with E-state index in [1.807, 2.05) is 0 Å². The van der Waals surface area contributed by atoms with Gasteiger partial charge in [0.05, 0.1) is 11.0 Å². The number of aryl methyl sites for hydroxylation is 2. The van der Waals surface area contributed by atoms with Crippen molar-refractivity contribution in [2.24, 2.45) is 0 Å². The minimum absolute atomic E-state index is 0.541. The normalized spacial score (nSPS) is 14.8. The molecule has 0 bridgehead atoms. The van der Waals surface area contributed by atoms with Gasteiger partial charge in [-0.2, -0.15) is 0 Å². The van der Waals surface area contributed by atoms with Gasteiger partial charge in [-0.05, 0) is 68.6 Å². The molecule has 5 nitrogen and oxygen atoms in total. The number of nitrogens with zero attached hydrogens (tertiary/aromatic N) is 2. The molecule has 1 aliphatic rings. The van der Waals surface area contributed by atoms with Gasteiger partial charge in [0.2, 0.25) is 0 Å². The summed E-state index contributed by atoms with van der Waals surface area (Å²) in [6.45, 7) is 6.80. The Balaban J connectivity index is 1.62. The Morgan fingerprint density at radius 2 is 2.00 bits per heavy atom. The zero-order valence-corrected chi connectivity index (χ0v) is 17.6. The molecular weight excluding hydrogens is 356 g/mol. The third-order valence-corrected chi connectivity index (χ3v) is 5.89. The van der Waals surface area contributed by atoms with Gasteiger partial charge in [0.15, 0.2) is 5.11 Å². The first kappa shape index (κ1) is 20.1. The van der Waals surface area contributed by atoms with E-state index in [4.69, 9.17) is 21.9 Å². The Bertz CT molecular complexity index is 728. The maximum atomic E-state index is 5.72. The number of aromatic amines is 1. The minimum Gasteiger partial charge on any atom is -0.385 e. The van der Waals surface area contributed by atoms with Gasteiger partial charge in [-0.15, -0.1) is 0 Å². The van der Waals surface area contributed by atoms with Crippen molar-refractivity contribution in [2.45, 2.75) is 58.4 Å². The van der Waals surface area contributed by atoms with Crippen LogP contribution in [0.25, 0.3) is 11.0 Å². The highest BCUT2D eigenvalue weighted by Crippen LogP contribution is 2.19. The Morgan fingerprint density at radius 1 is 1.26 bits per heavy atom. The lowest BCUT2D eigenvalue weighted by Crippen LogP contribution is -2.45. The van der Waals surface area contributed by atoms with Crippen LogP contribution in [0.1, 0.15) is 49.1 Å². The molecule has 0 atom stereocenters. The topological polar surface area (TPSA) is 53.2 Å². The quantitative estimate of drug-likeness (QED) is 0.531. The van der Waals surface area contributed by atoms with Crippen LogP contribution in [0.4, 0.5) is 0 Å². The molecule has 1 aromatic carbocycles. The van der Waals surface area contributed by atoms with Crippen LogP contribution in [0.3, 0.4) is 0 Å². The number of methoxy groups -OCH3 is 1. The number of H-pyrrole nitrogens is 1. The first-order valence-electron chi connectivity index (χ1n) is 10.1. The van der Waals surface area contributed by atoms with Crippen LogP contribution in [0.2, 0.25) is 0 Å². The summed E-state index contributed by atoms with van der Waals surface area (Å²) in [6.07, 6.45) is 6.90. The van der Waals surface area contributed by atoms with Gasteiger partial charge >= 0.3 is 0 Å². The number of hydrogen-bond donors (Lipinski definition) is 2. The summed E-state index contributed by atoms with van der Waals surface area (Å²) in [5, 5.41) is 4.45. The molecule has 0 unspecified atom stereocenters. The van der Waals surface area contributed by atoms with Crippen molar-refractivity contribution >= 4 is 28.4 Å². The first-order valence-corrected chi connectivity index (χ1v) is 10.5. The summed E-state index contributed by atoms with van der Waals surface area (Å²) in [6, 6.07) is 4.89. The van der Waals surface area contributed by atoms with E-state index in [0.717, 1.165) is 54.5 Å². The molecule has 0 aliphatic heterocycles. The van der Waals surface area contributed by atoms with Crippen LogP contribution in [0, 0.1) is 13.8 Å². The average Bonchev–Trinajstić information content (AvgIpc) is 3.28. The van der Waals surface area contributed by atoms with Gasteiger partial charge < -0.3 is 19.9 Å². The van der Waals surface area contributed by atoms with E-state index < -0.39 is 0 Å². The number of imidazole rings is 1. The van der Waals surface area contributed by atoms with E-state index in [1.165, 1.54) is 36.8 Å². The van der Waals surface area contributed by atoms with Crippen molar-refractivity contribution in [3.8, 4) is 0 Å². The monoisotopic (exact) mass is 388 g/mol. The molecule has 1 heterocycles. The standard InChI is InChI=1S/C21H32N4OS/c1-15-13-18-19(14-16(15)2)24-20(23-18)9-11-25(10-6-12-26-3)21(27)22-17-7-4-5-8-17/h13-14,17H,4-12H2,1-3H3,(H,22,27)(H,23,24). The predicted molar refractivity (Wildman–Crippen MR) is 115 cm³/mol. The number of thiocarbonyl (C=S) groups is 1. The smallest absolute Gasteiger partial charge is 0.169 e. The number of aromatic nitrogens is 2. The van der Waals surface area contributed by atoms with E-state index in [-0.39, 0.29) is 0 Å². The Hall–Kier alpha value is -1.66. The van der Waals surface area contributed by atoms with Crippen molar-refractivity contribution in [1.29, 1.82) is 0 Å². The Morgan fingerprint density at radius 3 is 2.74 bits per heavy atom. The van der Waals surface area contributed by atoms with Crippen LogP contribution in [-0.2, 0) is 11.2 Å². The van der Waals surface area contributed by atoms with Crippen LogP contribution >= 0.6 is 12.2 Å². The fraction of sp³-hybridized carbons (Fsp3) is 0.619. The summed E-state index contributed by atoms with van der Waals surface area (Å²) in [4.78, 5) is 10.5. The van der Waals surface area contributed by atoms with Crippen LogP contribution in [-0.4, -0.2) is 52.8 Å². The number of fused-ring (bicyclic) bond motifs is 1. The lowest BCUT2D eigenvalue weighted by Gasteiger charge is -2.27. The molecule has 1 fully saturated rings. The molecule has 1 saturated carbocycles. The highest BCUT2D eigenvalue weighted by atomic mass is 32.1. The lowest BCUT2D eigenvalue weighted by molar-refractivity contribution is 0.186. The second kappa shape index (κ2) is 9.51. The highest BCUT2D eigenvalue weighted by molar-refractivity contribution is 7.80. The van der Waals surface area contributed by atoms with Crippen molar-refractivity contribution in [3.63, 3.8) is 0 Å². The largest absolute Gasteiger partial charge is 0.385 e. The molecule has 2 aromatic rings. The second-order valence-corrected chi connectivity index (χ2v) is 8.04. The van der Waals surface area contributed by atoms with E-state index in [0.29, 0.717) is 6.04 Å². The van der Waals surface area contributed by atoms with Gasteiger partial charge in [-0.3, -0.25) is 0 Å². The number of benzene rings is 1. The number of nitrogens with one attached hydrogen (secondary N) is 2. The molecule has 2 N–H and O–H groups in total. The van der Waals surface area contributed by atoms with E-state index in [1.54, 1.807) is 7.11 Å². The van der Waals surface area contributed by atoms with Crippen LogP contribution in [0.15, 0.2) is 12.1 Å². The molecule has 6 heteroatoms. The van der Waals surface area contributed by atoms with Crippen LogP contribution in [0.5, 0.6) is 0 Å². The number of rotatable bonds is 8.